The van der Waals surface area contributed by atoms with E-state index >= 15 is 0 Å². The van der Waals surface area contributed by atoms with Crippen molar-refractivity contribution in [3.8, 4) is 0 Å². The molecule has 1 unspecified atom stereocenters. The molecule has 2 heterocycles. The molecule has 2 saturated heterocycles. The Labute approximate surface area is 110 Å². The van der Waals surface area contributed by atoms with Gasteiger partial charge in [-0.3, -0.25) is 14.9 Å². The highest BCUT2D eigenvalue weighted by Crippen LogP contribution is 2.26. The van der Waals surface area contributed by atoms with E-state index in [9.17, 15) is 18.4 Å². The van der Waals surface area contributed by atoms with Gasteiger partial charge >= 0.3 is 0 Å². The molecule has 0 aromatic rings. The van der Waals surface area contributed by atoms with Crippen LogP contribution >= 0.6 is 0 Å². The Bertz CT molecular complexity index is 376. The molecule has 2 rings (SSSR count). The summed E-state index contributed by atoms with van der Waals surface area (Å²) in [5.41, 5.74) is 0. The summed E-state index contributed by atoms with van der Waals surface area (Å²) < 4.78 is 26.2. The summed E-state index contributed by atoms with van der Waals surface area (Å²) in [5, 5.41) is 2.58. The van der Waals surface area contributed by atoms with Crippen LogP contribution in [0.5, 0.6) is 0 Å². The van der Waals surface area contributed by atoms with Gasteiger partial charge in [0, 0.05) is 39.5 Å². The largest absolute Gasteiger partial charge is 0.341 e. The zero-order chi connectivity index (χ0) is 14.0. The van der Waals surface area contributed by atoms with Gasteiger partial charge in [0.15, 0.2) is 0 Å². The first-order valence-corrected chi connectivity index (χ1v) is 6.54. The fourth-order valence-electron chi connectivity index (χ4n) is 2.56. The van der Waals surface area contributed by atoms with E-state index in [1.165, 1.54) is 6.92 Å². The van der Waals surface area contributed by atoms with Gasteiger partial charge in [-0.05, 0) is 6.42 Å². The zero-order valence-electron chi connectivity index (χ0n) is 11.0. The van der Waals surface area contributed by atoms with Gasteiger partial charge < -0.3 is 9.80 Å². The van der Waals surface area contributed by atoms with Crippen molar-refractivity contribution in [2.45, 2.75) is 31.7 Å². The average molecular weight is 275 g/mol. The molecular formula is C12H19F2N3O2. The van der Waals surface area contributed by atoms with Crippen molar-refractivity contribution in [1.82, 2.24) is 15.1 Å². The van der Waals surface area contributed by atoms with Crippen molar-refractivity contribution >= 4 is 11.8 Å². The van der Waals surface area contributed by atoms with Crippen LogP contribution in [0.4, 0.5) is 8.78 Å². The molecule has 5 nitrogen and oxygen atoms in total. The monoisotopic (exact) mass is 275 g/mol. The summed E-state index contributed by atoms with van der Waals surface area (Å²) in [6, 6.07) is -0.793. The number of carbonyl (C=O) groups is 2. The van der Waals surface area contributed by atoms with Gasteiger partial charge in [0.25, 0.3) is 5.92 Å². The fraction of sp³-hybridized carbons (Fsp3) is 0.833. The highest BCUT2D eigenvalue weighted by Gasteiger charge is 2.43. The quantitative estimate of drug-likeness (QED) is 0.736. The number of alkyl halides is 2. The molecule has 2 aliphatic rings. The van der Waals surface area contributed by atoms with E-state index in [0.717, 1.165) is 0 Å². The van der Waals surface area contributed by atoms with Crippen molar-refractivity contribution in [3.63, 3.8) is 0 Å². The third-order valence-corrected chi connectivity index (χ3v) is 3.66. The average Bonchev–Trinajstić information content (AvgIpc) is 2.57. The highest BCUT2D eigenvalue weighted by atomic mass is 19.3. The molecular weight excluding hydrogens is 256 g/mol. The molecule has 0 spiro atoms. The van der Waals surface area contributed by atoms with Gasteiger partial charge in [0.2, 0.25) is 11.8 Å². The predicted molar refractivity (Wildman–Crippen MR) is 64.8 cm³/mol. The molecule has 2 fully saturated rings. The fourth-order valence-corrected chi connectivity index (χ4v) is 2.56. The number of amides is 2. The van der Waals surface area contributed by atoms with Crippen molar-refractivity contribution in [2.24, 2.45) is 0 Å². The minimum atomic E-state index is -2.79. The van der Waals surface area contributed by atoms with Crippen molar-refractivity contribution in [3.05, 3.63) is 0 Å². The normalized spacial score (nSPS) is 27.2. The molecule has 0 saturated carbocycles. The van der Waals surface area contributed by atoms with E-state index in [4.69, 9.17) is 0 Å². The lowest BCUT2D eigenvalue weighted by molar-refractivity contribution is -0.134. The molecule has 1 atom stereocenters. The highest BCUT2D eigenvalue weighted by molar-refractivity contribution is 5.82. The van der Waals surface area contributed by atoms with E-state index in [-0.39, 0.29) is 11.8 Å². The van der Waals surface area contributed by atoms with Gasteiger partial charge in [-0.2, -0.15) is 0 Å². The maximum absolute atomic E-state index is 13.1. The maximum atomic E-state index is 13.1. The van der Waals surface area contributed by atoms with Crippen LogP contribution in [-0.4, -0.2) is 66.3 Å². The summed E-state index contributed by atoms with van der Waals surface area (Å²) in [4.78, 5) is 26.7. The van der Waals surface area contributed by atoms with Crippen LogP contribution in [0.25, 0.3) is 0 Å². The van der Waals surface area contributed by atoms with E-state index in [2.05, 4.69) is 5.32 Å². The topological polar surface area (TPSA) is 52.7 Å². The van der Waals surface area contributed by atoms with Crippen LogP contribution in [0.15, 0.2) is 0 Å². The molecule has 2 amide bonds. The molecule has 0 aromatic heterocycles. The Morgan fingerprint density at radius 1 is 1.16 bits per heavy atom. The number of hydrogen-bond acceptors (Lipinski definition) is 3. The van der Waals surface area contributed by atoms with Gasteiger partial charge in [-0.15, -0.1) is 0 Å². The predicted octanol–water partition coefficient (Wildman–Crippen LogP) is 0.0644. The number of halogens is 2. The van der Waals surface area contributed by atoms with Crippen LogP contribution in [0.2, 0.25) is 0 Å². The smallest absolute Gasteiger partial charge is 0.262 e. The number of rotatable bonds is 1. The van der Waals surface area contributed by atoms with Crippen LogP contribution in [0, 0.1) is 0 Å². The second kappa shape index (κ2) is 5.40. The first-order chi connectivity index (χ1) is 8.89. The van der Waals surface area contributed by atoms with Gasteiger partial charge in [-0.25, -0.2) is 8.78 Å². The van der Waals surface area contributed by atoms with Crippen LogP contribution in [0.1, 0.15) is 19.8 Å². The SMILES string of the molecule is CC(=O)N1CCCN(C(=O)C2CC(F)(F)CN2)CC1. The standard InChI is InChI=1S/C12H19F2N3O2/c1-9(18)16-3-2-4-17(6-5-16)11(19)10-7-12(13,14)8-15-10/h10,15H,2-8H2,1H3. The molecule has 19 heavy (non-hydrogen) atoms. The maximum Gasteiger partial charge on any atom is 0.262 e. The lowest BCUT2D eigenvalue weighted by Crippen LogP contribution is -2.45. The van der Waals surface area contributed by atoms with Crippen LogP contribution in [0.3, 0.4) is 0 Å². The van der Waals surface area contributed by atoms with Crippen LogP contribution < -0.4 is 5.32 Å². The molecule has 0 aromatic carbocycles. The third kappa shape index (κ3) is 3.40. The zero-order valence-corrected chi connectivity index (χ0v) is 11.0. The minimum absolute atomic E-state index is 0.0141. The Kier molecular flexibility index (Phi) is 4.03. The Hall–Kier alpha value is -1.24. The number of carbonyl (C=O) groups excluding carboxylic acids is 2. The van der Waals surface area contributed by atoms with Crippen LogP contribution in [-0.2, 0) is 9.59 Å². The molecule has 2 aliphatic heterocycles. The number of nitrogens with zero attached hydrogens (tertiary/aromatic N) is 2. The summed E-state index contributed by atoms with van der Waals surface area (Å²) in [5.74, 6) is -3.08. The number of hydrogen-bond donors (Lipinski definition) is 1. The molecule has 108 valence electrons. The Morgan fingerprint density at radius 2 is 1.79 bits per heavy atom. The van der Waals surface area contributed by atoms with Crippen molar-refractivity contribution in [2.75, 3.05) is 32.7 Å². The molecule has 7 heteroatoms. The summed E-state index contributed by atoms with van der Waals surface area (Å²) >= 11 is 0. The molecule has 0 aliphatic carbocycles. The summed E-state index contributed by atoms with van der Waals surface area (Å²) in [7, 11) is 0. The first kappa shape index (κ1) is 14.2. The third-order valence-electron chi connectivity index (χ3n) is 3.66. The molecule has 0 radical (unpaired) electrons. The first-order valence-electron chi connectivity index (χ1n) is 6.54. The van der Waals surface area contributed by atoms with E-state index < -0.39 is 24.9 Å². The Balaban J connectivity index is 1.92. The Morgan fingerprint density at radius 3 is 2.37 bits per heavy atom. The molecule has 0 bridgehead atoms. The lowest BCUT2D eigenvalue weighted by Gasteiger charge is -2.24. The molecule has 1 N–H and O–H groups in total. The number of nitrogens with one attached hydrogen (secondary N) is 1. The second-order valence-corrected chi connectivity index (χ2v) is 5.18. The lowest BCUT2D eigenvalue weighted by atomic mass is 10.1. The summed E-state index contributed by atoms with van der Waals surface area (Å²) in [6.07, 6.45) is 0.257. The van der Waals surface area contributed by atoms with Gasteiger partial charge in [0.05, 0.1) is 12.6 Å². The van der Waals surface area contributed by atoms with Gasteiger partial charge in [0.1, 0.15) is 0 Å². The second-order valence-electron chi connectivity index (χ2n) is 5.18. The van der Waals surface area contributed by atoms with E-state index in [1.807, 2.05) is 0 Å². The van der Waals surface area contributed by atoms with E-state index in [1.54, 1.807) is 9.80 Å². The van der Waals surface area contributed by atoms with E-state index in [0.29, 0.717) is 32.6 Å². The van der Waals surface area contributed by atoms with Crippen molar-refractivity contribution < 1.29 is 18.4 Å². The van der Waals surface area contributed by atoms with Gasteiger partial charge in [-0.1, -0.05) is 0 Å². The summed E-state index contributed by atoms with van der Waals surface area (Å²) in [6.45, 7) is 3.10. The van der Waals surface area contributed by atoms with Crippen molar-refractivity contribution in [1.29, 1.82) is 0 Å². The minimum Gasteiger partial charge on any atom is -0.341 e.